The molecule has 3 aromatic rings. The molecule has 0 bridgehead atoms. The second-order valence-corrected chi connectivity index (χ2v) is 7.15. The van der Waals surface area contributed by atoms with Gasteiger partial charge in [0.15, 0.2) is 0 Å². The van der Waals surface area contributed by atoms with Crippen LogP contribution in [0.2, 0.25) is 0 Å². The fourth-order valence-corrected chi connectivity index (χ4v) is 3.23. The highest BCUT2D eigenvalue weighted by molar-refractivity contribution is 6.32. The predicted molar refractivity (Wildman–Crippen MR) is 123 cm³/mol. The standard InChI is InChI=1S/C25H19N3O4/c1-16-22(24(30)28(27-16)21-13-9-19(10-14-21)25(31)32)15-17-7-11-20(12-8-17)26-23(29)18-5-3-2-4-6-18/h2-15H,1H3,(H,26,29)(H,31,32)/b22-15-. The lowest BCUT2D eigenvalue weighted by molar-refractivity contribution is -0.114. The molecule has 0 spiro atoms. The predicted octanol–water partition coefficient (Wildman–Crippen LogP) is 4.44. The Balaban J connectivity index is 1.49. The lowest BCUT2D eigenvalue weighted by atomic mass is 10.1. The summed E-state index contributed by atoms with van der Waals surface area (Å²) < 4.78 is 0. The number of carbonyl (C=O) groups is 3. The third-order valence-corrected chi connectivity index (χ3v) is 4.94. The highest BCUT2D eigenvalue weighted by atomic mass is 16.4. The summed E-state index contributed by atoms with van der Waals surface area (Å²) in [7, 11) is 0. The molecule has 1 heterocycles. The van der Waals surface area contributed by atoms with Gasteiger partial charge in [0.25, 0.3) is 11.8 Å². The zero-order valence-corrected chi connectivity index (χ0v) is 17.1. The molecule has 0 aromatic heterocycles. The van der Waals surface area contributed by atoms with E-state index >= 15 is 0 Å². The van der Waals surface area contributed by atoms with Crippen molar-refractivity contribution >= 4 is 40.9 Å². The summed E-state index contributed by atoms with van der Waals surface area (Å²) in [5.74, 6) is -1.53. The van der Waals surface area contributed by atoms with Crippen LogP contribution in [-0.2, 0) is 4.79 Å². The van der Waals surface area contributed by atoms with Crippen molar-refractivity contribution in [1.82, 2.24) is 0 Å². The Morgan fingerprint density at radius 2 is 1.56 bits per heavy atom. The van der Waals surface area contributed by atoms with E-state index in [4.69, 9.17) is 5.11 Å². The van der Waals surface area contributed by atoms with Gasteiger partial charge in [-0.15, -0.1) is 0 Å². The van der Waals surface area contributed by atoms with E-state index < -0.39 is 5.97 Å². The molecule has 158 valence electrons. The normalized spacial score (nSPS) is 14.4. The van der Waals surface area contributed by atoms with Crippen molar-refractivity contribution in [3.05, 3.63) is 101 Å². The molecular weight excluding hydrogens is 406 g/mol. The van der Waals surface area contributed by atoms with Crippen LogP contribution in [0.5, 0.6) is 0 Å². The monoisotopic (exact) mass is 425 g/mol. The van der Waals surface area contributed by atoms with Crippen LogP contribution in [0.25, 0.3) is 6.08 Å². The topological polar surface area (TPSA) is 99.1 Å². The number of carboxylic acids is 1. The first kappa shape index (κ1) is 20.7. The zero-order chi connectivity index (χ0) is 22.7. The average molecular weight is 425 g/mol. The number of carboxylic acid groups (broad SMARTS) is 1. The maximum atomic E-state index is 12.9. The van der Waals surface area contributed by atoms with Crippen molar-refractivity contribution in [1.29, 1.82) is 0 Å². The first-order chi connectivity index (χ1) is 15.4. The van der Waals surface area contributed by atoms with E-state index in [-0.39, 0.29) is 17.4 Å². The highest BCUT2D eigenvalue weighted by Crippen LogP contribution is 2.25. The minimum Gasteiger partial charge on any atom is -0.478 e. The second kappa shape index (κ2) is 8.69. The molecule has 0 fully saturated rings. The van der Waals surface area contributed by atoms with E-state index in [1.165, 1.54) is 17.1 Å². The van der Waals surface area contributed by atoms with Crippen LogP contribution in [0.1, 0.15) is 33.2 Å². The van der Waals surface area contributed by atoms with Gasteiger partial charge in [-0.25, -0.2) is 4.79 Å². The van der Waals surface area contributed by atoms with Gasteiger partial charge in [0.1, 0.15) is 0 Å². The summed E-state index contributed by atoms with van der Waals surface area (Å²) >= 11 is 0. The molecule has 0 saturated heterocycles. The summed E-state index contributed by atoms with van der Waals surface area (Å²) in [6.07, 6.45) is 1.73. The van der Waals surface area contributed by atoms with E-state index in [0.717, 1.165) is 5.56 Å². The molecular formula is C25H19N3O4. The summed E-state index contributed by atoms with van der Waals surface area (Å²) in [5.41, 5.74) is 3.61. The molecule has 3 aromatic carbocycles. The molecule has 32 heavy (non-hydrogen) atoms. The summed E-state index contributed by atoms with van der Waals surface area (Å²) in [4.78, 5) is 36.2. The number of anilines is 2. The van der Waals surface area contributed by atoms with Crippen LogP contribution >= 0.6 is 0 Å². The number of carbonyl (C=O) groups excluding carboxylic acids is 2. The summed E-state index contributed by atoms with van der Waals surface area (Å²) in [5, 5.41) is 17.4. The molecule has 0 aliphatic carbocycles. The highest BCUT2D eigenvalue weighted by Gasteiger charge is 2.28. The molecule has 2 N–H and O–H groups in total. The molecule has 1 aliphatic rings. The smallest absolute Gasteiger partial charge is 0.335 e. The largest absolute Gasteiger partial charge is 0.478 e. The van der Waals surface area contributed by atoms with Gasteiger partial charge in [0.2, 0.25) is 0 Å². The third kappa shape index (κ3) is 4.32. The fourth-order valence-electron chi connectivity index (χ4n) is 3.23. The molecule has 7 heteroatoms. The Bertz CT molecular complexity index is 1240. The van der Waals surface area contributed by atoms with Crippen LogP contribution in [0, 0.1) is 0 Å². The lowest BCUT2D eigenvalue weighted by Gasteiger charge is -2.11. The number of hydrazone groups is 1. The Morgan fingerprint density at radius 1 is 0.906 bits per heavy atom. The number of amides is 2. The maximum absolute atomic E-state index is 12.9. The van der Waals surface area contributed by atoms with Gasteiger partial charge in [-0.3, -0.25) is 9.59 Å². The average Bonchev–Trinajstić information content (AvgIpc) is 3.09. The van der Waals surface area contributed by atoms with E-state index in [9.17, 15) is 14.4 Å². The van der Waals surface area contributed by atoms with E-state index in [1.54, 1.807) is 73.7 Å². The molecule has 2 amide bonds. The Morgan fingerprint density at radius 3 is 2.19 bits per heavy atom. The number of nitrogens with one attached hydrogen (secondary N) is 1. The first-order valence-corrected chi connectivity index (χ1v) is 9.84. The minimum atomic E-state index is -1.03. The summed E-state index contributed by atoms with van der Waals surface area (Å²) in [6.45, 7) is 1.74. The number of hydrogen-bond donors (Lipinski definition) is 2. The zero-order valence-electron chi connectivity index (χ0n) is 17.1. The minimum absolute atomic E-state index is 0.135. The molecule has 0 atom stereocenters. The van der Waals surface area contributed by atoms with E-state index in [0.29, 0.717) is 28.2 Å². The number of rotatable bonds is 5. The molecule has 7 nitrogen and oxygen atoms in total. The number of aromatic carboxylic acids is 1. The van der Waals surface area contributed by atoms with E-state index in [1.807, 2.05) is 6.07 Å². The van der Waals surface area contributed by atoms with Crippen LogP contribution in [0.4, 0.5) is 11.4 Å². The Hall–Kier alpha value is -4.52. The van der Waals surface area contributed by atoms with Crippen molar-refractivity contribution in [2.24, 2.45) is 5.10 Å². The van der Waals surface area contributed by atoms with Crippen LogP contribution in [0.3, 0.4) is 0 Å². The van der Waals surface area contributed by atoms with Crippen LogP contribution < -0.4 is 10.3 Å². The van der Waals surface area contributed by atoms with Crippen molar-refractivity contribution < 1.29 is 19.5 Å². The SMILES string of the molecule is CC1=NN(c2ccc(C(=O)O)cc2)C(=O)/C1=C\c1ccc(NC(=O)c2ccccc2)cc1. The van der Waals surface area contributed by atoms with Crippen molar-refractivity contribution in [2.75, 3.05) is 10.3 Å². The van der Waals surface area contributed by atoms with Gasteiger partial charge in [-0.1, -0.05) is 30.3 Å². The van der Waals surface area contributed by atoms with Gasteiger partial charge in [0, 0.05) is 11.3 Å². The van der Waals surface area contributed by atoms with Crippen molar-refractivity contribution in [2.45, 2.75) is 6.92 Å². The fraction of sp³-hybridized carbons (Fsp3) is 0.0400. The van der Waals surface area contributed by atoms with Gasteiger partial charge in [-0.2, -0.15) is 10.1 Å². The summed E-state index contributed by atoms with van der Waals surface area (Å²) in [6, 6.07) is 22.0. The molecule has 0 unspecified atom stereocenters. The van der Waals surface area contributed by atoms with Crippen LogP contribution in [-0.4, -0.2) is 28.6 Å². The van der Waals surface area contributed by atoms with Gasteiger partial charge < -0.3 is 10.4 Å². The van der Waals surface area contributed by atoms with Crippen molar-refractivity contribution in [3.63, 3.8) is 0 Å². The van der Waals surface area contributed by atoms with Crippen molar-refractivity contribution in [3.8, 4) is 0 Å². The van der Waals surface area contributed by atoms with Gasteiger partial charge >= 0.3 is 5.97 Å². The molecule has 0 radical (unpaired) electrons. The quantitative estimate of drug-likeness (QED) is 0.590. The van der Waals surface area contributed by atoms with Crippen LogP contribution in [0.15, 0.2) is 89.5 Å². The molecule has 1 aliphatic heterocycles. The third-order valence-electron chi connectivity index (χ3n) is 4.94. The first-order valence-electron chi connectivity index (χ1n) is 9.84. The maximum Gasteiger partial charge on any atom is 0.335 e. The Kier molecular flexibility index (Phi) is 5.63. The number of benzene rings is 3. The number of hydrogen-bond acceptors (Lipinski definition) is 4. The second-order valence-electron chi connectivity index (χ2n) is 7.15. The molecule has 0 saturated carbocycles. The van der Waals surface area contributed by atoms with E-state index in [2.05, 4.69) is 10.4 Å². The Labute approximate surface area is 184 Å². The van der Waals surface area contributed by atoms with Gasteiger partial charge in [-0.05, 0) is 67.1 Å². The number of nitrogens with zero attached hydrogens (tertiary/aromatic N) is 2. The lowest BCUT2D eigenvalue weighted by Crippen LogP contribution is -2.21. The molecule has 4 rings (SSSR count). The van der Waals surface area contributed by atoms with Gasteiger partial charge in [0.05, 0.1) is 22.5 Å².